The summed E-state index contributed by atoms with van der Waals surface area (Å²) in [6, 6.07) is 7.59. The first kappa shape index (κ1) is 12.9. The van der Waals surface area contributed by atoms with Gasteiger partial charge in [-0.25, -0.2) is 4.98 Å². The largest absolute Gasteiger partial charge is 0.497 e. The molecule has 0 bridgehead atoms. The molecule has 0 saturated heterocycles. The third-order valence-electron chi connectivity index (χ3n) is 2.73. The van der Waals surface area contributed by atoms with E-state index in [9.17, 15) is 5.11 Å². The highest BCUT2D eigenvalue weighted by atomic mass is 32.1. The third-order valence-corrected chi connectivity index (χ3v) is 3.77. The number of nitrogens with one attached hydrogen (secondary N) is 1. The van der Waals surface area contributed by atoms with Gasteiger partial charge in [-0.1, -0.05) is 0 Å². The van der Waals surface area contributed by atoms with Crippen LogP contribution < -0.4 is 10.1 Å². The van der Waals surface area contributed by atoms with E-state index >= 15 is 0 Å². The number of aliphatic hydroxyl groups excluding tert-OH is 1. The second kappa shape index (κ2) is 5.37. The summed E-state index contributed by atoms with van der Waals surface area (Å²) < 4.78 is 5.11. The maximum atomic E-state index is 9.60. The Labute approximate surface area is 110 Å². The lowest BCUT2D eigenvalue weighted by molar-refractivity contribution is 0.223. The van der Waals surface area contributed by atoms with E-state index in [4.69, 9.17) is 4.74 Å². The maximum absolute atomic E-state index is 9.60. The van der Waals surface area contributed by atoms with E-state index in [2.05, 4.69) is 10.3 Å². The van der Waals surface area contributed by atoms with Crippen LogP contribution in [0.3, 0.4) is 0 Å². The lowest BCUT2D eigenvalue weighted by atomic mass is 10.0. The molecule has 0 aliphatic heterocycles. The molecule has 1 atom stereocenters. The molecule has 4 nitrogen and oxygen atoms in total. The number of aliphatic hydroxyl groups is 1. The van der Waals surface area contributed by atoms with Gasteiger partial charge in [0.05, 0.1) is 13.7 Å². The lowest BCUT2D eigenvalue weighted by Gasteiger charge is -2.27. The van der Waals surface area contributed by atoms with Crippen molar-refractivity contribution in [3.05, 3.63) is 40.8 Å². The summed E-state index contributed by atoms with van der Waals surface area (Å²) in [5.74, 6) is 0.806. The van der Waals surface area contributed by atoms with Gasteiger partial charge in [-0.05, 0) is 31.2 Å². The van der Waals surface area contributed by atoms with Gasteiger partial charge >= 0.3 is 0 Å². The number of ether oxygens (including phenoxy) is 1. The maximum Gasteiger partial charge on any atom is 0.120 e. The number of rotatable bonds is 5. The van der Waals surface area contributed by atoms with Gasteiger partial charge in [-0.3, -0.25) is 0 Å². The molecular weight excluding hydrogens is 248 g/mol. The Kier molecular flexibility index (Phi) is 3.84. The van der Waals surface area contributed by atoms with Crippen molar-refractivity contribution in [2.75, 3.05) is 19.0 Å². The summed E-state index contributed by atoms with van der Waals surface area (Å²) >= 11 is 1.52. The molecule has 5 heteroatoms. The van der Waals surface area contributed by atoms with Gasteiger partial charge in [-0.2, -0.15) is 0 Å². The van der Waals surface area contributed by atoms with Gasteiger partial charge in [0.25, 0.3) is 0 Å². The van der Waals surface area contributed by atoms with Crippen LogP contribution in [0.5, 0.6) is 5.75 Å². The van der Waals surface area contributed by atoms with Crippen molar-refractivity contribution in [2.45, 2.75) is 12.5 Å². The van der Waals surface area contributed by atoms with Crippen LogP contribution in [0.1, 0.15) is 11.9 Å². The number of anilines is 1. The van der Waals surface area contributed by atoms with Crippen molar-refractivity contribution in [3.8, 4) is 5.75 Å². The standard InChI is InChI=1S/C13H16N2O2S/c1-13(9-16,12-14-7-8-18-12)15-10-3-5-11(17-2)6-4-10/h3-8,15-16H,9H2,1-2H3. The molecule has 1 aromatic heterocycles. The predicted octanol–water partition coefficient (Wildman–Crippen LogP) is 2.47. The molecule has 0 saturated carbocycles. The quantitative estimate of drug-likeness (QED) is 0.871. The van der Waals surface area contributed by atoms with Crippen LogP contribution in [-0.2, 0) is 5.54 Å². The van der Waals surface area contributed by atoms with Crippen molar-refractivity contribution < 1.29 is 9.84 Å². The Hall–Kier alpha value is -1.59. The molecule has 2 aromatic rings. The summed E-state index contributed by atoms with van der Waals surface area (Å²) in [5.41, 5.74) is 0.352. The summed E-state index contributed by atoms with van der Waals surface area (Å²) in [5, 5.41) is 15.7. The van der Waals surface area contributed by atoms with Crippen LogP contribution in [0.2, 0.25) is 0 Å². The molecule has 0 aliphatic carbocycles. The molecule has 1 aromatic carbocycles. The molecule has 18 heavy (non-hydrogen) atoms. The molecule has 96 valence electrons. The SMILES string of the molecule is COc1ccc(NC(C)(CO)c2nccs2)cc1. The van der Waals surface area contributed by atoms with Crippen LogP contribution in [0.4, 0.5) is 5.69 Å². The summed E-state index contributed by atoms with van der Waals surface area (Å²) in [6.45, 7) is 1.91. The van der Waals surface area contributed by atoms with E-state index in [1.54, 1.807) is 13.3 Å². The molecule has 0 aliphatic rings. The normalized spacial score (nSPS) is 13.9. The zero-order valence-electron chi connectivity index (χ0n) is 10.4. The molecule has 0 amide bonds. The number of hydrogen-bond acceptors (Lipinski definition) is 5. The minimum absolute atomic E-state index is 0.0213. The van der Waals surface area contributed by atoms with E-state index in [1.165, 1.54) is 11.3 Å². The Balaban J connectivity index is 2.19. The van der Waals surface area contributed by atoms with E-state index in [1.807, 2.05) is 36.6 Å². The van der Waals surface area contributed by atoms with Crippen molar-refractivity contribution in [3.63, 3.8) is 0 Å². The van der Waals surface area contributed by atoms with Gasteiger partial charge in [0.1, 0.15) is 16.3 Å². The van der Waals surface area contributed by atoms with Crippen molar-refractivity contribution >= 4 is 17.0 Å². The van der Waals surface area contributed by atoms with E-state index in [-0.39, 0.29) is 6.61 Å². The summed E-state index contributed by atoms with van der Waals surface area (Å²) in [4.78, 5) is 4.26. The van der Waals surface area contributed by atoms with E-state index in [0.29, 0.717) is 0 Å². The topological polar surface area (TPSA) is 54.4 Å². The van der Waals surface area contributed by atoms with E-state index in [0.717, 1.165) is 16.4 Å². The molecule has 1 heterocycles. The number of hydrogen-bond donors (Lipinski definition) is 2. The van der Waals surface area contributed by atoms with Crippen LogP contribution in [0, 0.1) is 0 Å². The highest BCUT2D eigenvalue weighted by Crippen LogP contribution is 2.28. The fourth-order valence-electron chi connectivity index (χ4n) is 1.65. The highest BCUT2D eigenvalue weighted by Gasteiger charge is 2.28. The summed E-state index contributed by atoms with van der Waals surface area (Å²) in [7, 11) is 1.63. The molecule has 2 rings (SSSR count). The lowest BCUT2D eigenvalue weighted by Crippen LogP contribution is -2.35. The summed E-state index contributed by atoms with van der Waals surface area (Å²) in [6.07, 6.45) is 1.74. The van der Waals surface area contributed by atoms with Crippen LogP contribution in [-0.4, -0.2) is 23.8 Å². The van der Waals surface area contributed by atoms with E-state index < -0.39 is 5.54 Å². The fraction of sp³-hybridized carbons (Fsp3) is 0.308. The first-order valence-electron chi connectivity index (χ1n) is 5.61. The van der Waals surface area contributed by atoms with Crippen LogP contribution >= 0.6 is 11.3 Å². The Morgan fingerprint density at radius 2 is 2.11 bits per heavy atom. The number of benzene rings is 1. The fourth-order valence-corrected chi connectivity index (χ4v) is 2.40. The second-order valence-corrected chi connectivity index (χ2v) is 5.08. The molecule has 2 N–H and O–H groups in total. The number of thiazole rings is 1. The Bertz CT molecular complexity index is 484. The number of aromatic nitrogens is 1. The Morgan fingerprint density at radius 1 is 1.39 bits per heavy atom. The predicted molar refractivity (Wildman–Crippen MR) is 73.2 cm³/mol. The van der Waals surface area contributed by atoms with Gasteiger partial charge in [0.15, 0.2) is 0 Å². The third kappa shape index (κ3) is 2.63. The molecule has 0 fully saturated rings. The monoisotopic (exact) mass is 264 g/mol. The van der Waals surface area contributed by atoms with Gasteiger partial charge in [0, 0.05) is 17.3 Å². The second-order valence-electron chi connectivity index (χ2n) is 4.18. The minimum Gasteiger partial charge on any atom is -0.497 e. The van der Waals surface area contributed by atoms with Gasteiger partial charge < -0.3 is 15.2 Å². The van der Waals surface area contributed by atoms with Crippen molar-refractivity contribution in [1.82, 2.24) is 4.98 Å². The first-order valence-corrected chi connectivity index (χ1v) is 6.49. The minimum atomic E-state index is -0.567. The average Bonchev–Trinajstić information content (AvgIpc) is 2.94. The first-order chi connectivity index (χ1) is 8.68. The highest BCUT2D eigenvalue weighted by molar-refractivity contribution is 7.09. The molecule has 0 spiro atoms. The van der Waals surface area contributed by atoms with Crippen LogP contribution in [0.25, 0.3) is 0 Å². The van der Waals surface area contributed by atoms with Gasteiger partial charge in [0.2, 0.25) is 0 Å². The number of methoxy groups -OCH3 is 1. The Morgan fingerprint density at radius 3 is 2.61 bits per heavy atom. The van der Waals surface area contributed by atoms with Crippen molar-refractivity contribution in [1.29, 1.82) is 0 Å². The molecule has 0 radical (unpaired) electrons. The zero-order valence-corrected chi connectivity index (χ0v) is 11.2. The average molecular weight is 264 g/mol. The molecule has 1 unspecified atom stereocenters. The zero-order chi connectivity index (χ0) is 13.0. The number of nitrogens with zero attached hydrogens (tertiary/aromatic N) is 1. The smallest absolute Gasteiger partial charge is 0.120 e. The molecular formula is C13H16N2O2S. The van der Waals surface area contributed by atoms with Gasteiger partial charge in [-0.15, -0.1) is 11.3 Å². The van der Waals surface area contributed by atoms with Crippen LogP contribution in [0.15, 0.2) is 35.8 Å². The van der Waals surface area contributed by atoms with Crippen molar-refractivity contribution in [2.24, 2.45) is 0 Å².